The molecule has 0 spiro atoms. The maximum absolute atomic E-state index is 11.1. The van der Waals surface area contributed by atoms with Crippen LogP contribution in [0, 0.1) is 0 Å². The lowest BCUT2D eigenvalue weighted by Crippen LogP contribution is -2.29. The molecule has 100 valence electrons. The maximum Gasteiger partial charge on any atom is 0.337 e. The Morgan fingerprint density at radius 3 is 2.44 bits per heavy atom. The van der Waals surface area contributed by atoms with Crippen LogP contribution in [0.1, 0.15) is 11.7 Å². The zero-order valence-electron chi connectivity index (χ0n) is 10.4. The maximum atomic E-state index is 11.1. The monoisotopic (exact) mass is 317 g/mol. The van der Waals surface area contributed by atoms with E-state index in [4.69, 9.17) is 0 Å². The Kier molecular flexibility index (Phi) is 5.13. The van der Waals surface area contributed by atoms with E-state index in [2.05, 4.69) is 20.7 Å². The molecule has 1 aromatic carbocycles. The Morgan fingerprint density at radius 1 is 1.39 bits per heavy atom. The van der Waals surface area contributed by atoms with Crippen LogP contribution in [0.3, 0.4) is 0 Å². The number of carbonyl (C=O) groups is 1. The van der Waals surface area contributed by atoms with Gasteiger partial charge in [-0.1, -0.05) is 6.07 Å². The van der Waals surface area contributed by atoms with Gasteiger partial charge in [-0.25, -0.2) is 4.79 Å². The van der Waals surface area contributed by atoms with Gasteiger partial charge in [-0.05, 0) is 33.6 Å². The van der Waals surface area contributed by atoms with Crippen LogP contribution in [-0.2, 0) is 9.53 Å². The van der Waals surface area contributed by atoms with Crippen LogP contribution in [0.4, 0.5) is 5.69 Å². The molecule has 5 nitrogen and oxygen atoms in total. The number of methoxy groups -OCH3 is 1. The second kappa shape index (κ2) is 6.17. The van der Waals surface area contributed by atoms with Gasteiger partial charge in [-0.3, -0.25) is 0 Å². The quantitative estimate of drug-likeness (QED) is 0.813. The molecule has 0 bridgehead atoms. The Morgan fingerprint density at radius 2 is 2.00 bits per heavy atom. The first kappa shape index (κ1) is 14.9. The van der Waals surface area contributed by atoms with Crippen LogP contribution in [0.25, 0.3) is 0 Å². The molecule has 2 unspecified atom stereocenters. The molecule has 0 saturated carbocycles. The Bertz CT molecular complexity index is 436. The molecule has 18 heavy (non-hydrogen) atoms. The van der Waals surface area contributed by atoms with Gasteiger partial charge in [0.05, 0.1) is 12.8 Å². The van der Waals surface area contributed by atoms with Crippen molar-refractivity contribution in [1.29, 1.82) is 0 Å². The van der Waals surface area contributed by atoms with Crippen molar-refractivity contribution in [2.75, 3.05) is 26.1 Å². The Labute approximate surface area is 114 Å². The molecule has 0 aliphatic heterocycles. The first-order chi connectivity index (χ1) is 8.38. The number of hydrogen-bond donors (Lipinski definition) is 2. The van der Waals surface area contributed by atoms with E-state index in [1.165, 1.54) is 0 Å². The number of aliphatic hydroxyl groups is 2. The third-order valence-electron chi connectivity index (χ3n) is 2.54. The van der Waals surface area contributed by atoms with Crippen molar-refractivity contribution in [2.24, 2.45) is 0 Å². The predicted octanol–water partition coefficient (Wildman–Crippen LogP) is 1.08. The molecule has 0 heterocycles. The van der Waals surface area contributed by atoms with Crippen LogP contribution in [-0.4, -0.2) is 43.5 Å². The second-order valence-electron chi connectivity index (χ2n) is 4.02. The highest BCUT2D eigenvalue weighted by atomic mass is 79.9. The minimum Gasteiger partial charge on any atom is -0.467 e. The van der Waals surface area contributed by atoms with Crippen molar-refractivity contribution in [2.45, 2.75) is 12.2 Å². The fourth-order valence-electron chi connectivity index (χ4n) is 1.50. The van der Waals surface area contributed by atoms with Gasteiger partial charge in [0.1, 0.15) is 6.10 Å². The second-order valence-corrected chi connectivity index (χ2v) is 4.87. The molecule has 2 N–H and O–H groups in total. The molecule has 2 atom stereocenters. The summed E-state index contributed by atoms with van der Waals surface area (Å²) in [5.74, 6) is -0.865. The topological polar surface area (TPSA) is 70.0 Å². The van der Waals surface area contributed by atoms with Gasteiger partial charge in [0.15, 0.2) is 6.10 Å². The van der Waals surface area contributed by atoms with Crippen molar-refractivity contribution in [3.8, 4) is 0 Å². The van der Waals surface area contributed by atoms with E-state index in [9.17, 15) is 15.0 Å². The normalized spacial score (nSPS) is 13.9. The molecule has 0 amide bonds. The van der Waals surface area contributed by atoms with Gasteiger partial charge >= 0.3 is 5.97 Å². The summed E-state index contributed by atoms with van der Waals surface area (Å²) in [5.41, 5.74) is 1.36. The number of benzene rings is 1. The van der Waals surface area contributed by atoms with E-state index in [1.54, 1.807) is 18.2 Å². The number of aliphatic hydroxyl groups excluding tert-OH is 2. The van der Waals surface area contributed by atoms with E-state index >= 15 is 0 Å². The first-order valence-corrected chi connectivity index (χ1v) is 6.08. The largest absolute Gasteiger partial charge is 0.467 e. The SMILES string of the molecule is COC(=O)C(O)C(O)c1ccc(N(C)C)c(Br)c1. The average molecular weight is 318 g/mol. The van der Waals surface area contributed by atoms with Crippen LogP contribution in [0.5, 0.6) is 0 Å². The summed E-state index contributed by atoms with van der Waals surface area (Å²) in [7, 11) is 4.93. The van der Waals surface area contributed by atoms with Gasteiger partial charge in [-0.15, -0.1) is 0 Å². The van der Waals surface area contributed by atoms with Crippen molar-refractivity contribution in [3.05, 3.63) is 28.2 Å². The number of carbonyl (C=O) groups excluding carboxylic acids is 1. The molecule has 1 aromatic rings. The number of ether oxygens (including phenoxy) is 1. The number of halogens is 1. The lowest BCUT2D eigenvalue weighted by atomic mass is 10.0. The van der Waals surface area contributed by atoms with Crippen LogP contribution >= 0.6 is 15.9 Å². The zero-order valence-corrected chi connectivity index (χ0v) is 12.0. The minimum atomic E-state index is -1.59. The molecular formula is C12H16BrNO4. The Hall–Kier alpha value is -1.11. The minimum absolute atomic E-state index is 0.436. The summed E-state index contributed by atoms with van der Waals surface area (Å²) in [5, 5.41) is 19.4. The lowest BCUT2D eigenvalue weighted by molar-refractivity contribution is -0.156. The van der Waals surface area contributed by atoms with E-state index < -0.39 is 18.2 Å². The molecule has 0 radical (unpaired) electrons. The molecule has 0 aromatic heterocycles. The fraction of sp³-hybridized carbons (Fsp3) is 0.417. The molecular weight excluding hydrogens is 302 g/mol. The van der Waals surface area contributed by atoms with Crippen LogP contribution in [0.2, 0.25) is 0 Å². The highest BCUT2D eigenvalue weighted by molar-refractivity contribution is 9.10. The van der Waals surface area contributed by atoms with Crippen molar-refractivity contribution < 1.29 is 19.7 Å². The summed E-state index contributed by atoms with van der Waals surface area (Å²) in [6, 6.07) is 5.09. The summed E-state index contributed by atoms with van der Waals surface area (Å²) in [6.07, 6.45) is -2.91. The standard InChI is InChI=1S/C12H16BrNO4/c1-14(2)9-5-4-7(6-8(9)13)10(15)11(16)12(17)18-3/h4-6,10-11,15-16H,1-3H3. The summed E-state index contributed by atoms with van der Waals surface area (Å²) in [6.45, 7) is 0. The first-order valence-electron chi connectivity index (χ1n) is 5.29. The molecule has 1 rings (SSSR count). The van der Waals surface area contributed by atoms with Crippen LogP contribution in [0.15, 0.2) is 22.7 Å². The number of nitrogens with zero attached hydrogens (tertiary/aromatic N) is 1. The Balaban J connectivity index is 2.97. The number of hydrogen-bond acceptors (Lipinski definition) is 5. The highest BCUT2D eigenvalue weighted by Gasteiger charge is 2.26. The molecule has 0 saturated heterocycles. The summed E-state index contributed by atoms with van der Waals surface area (Å²) in [4.78, 5) is 13.0. The van der Waals surface area contributed by atoms with Crippen molar-refractivity contribution in [1.82, 2.24) is 0 Å². The smallest absolute Gasteiger partial charge is 0.337 e. The molecule has 0 fully saturated rings. The number of rotatable bonds is 4. The fourth-order valence-corrected chi connectivity index (χ4v) is 2.25. The third-order valence-corrected chi connectivity index (χ3v) is 3.17. The van der Waals surface area contributed by atoms with Gasteiger partial charge in [0.2, 0.25) is 0 Å². The van der Waals surface area contributed by atoms with Crippen molar-refractivity contribution >= 4 is 27.6 Å². The van der Waals surface area contributed by atoms with E-state index in [1.807, 2.05) is 19.0 Å². The zero-order chi connectivity index (χ0) is 13.9. The lowest BCUT2D eigenvalue weighted by Gasteiger charge is -2.19. The third kappa shape index (κ3) is 3.22. The molecule has 0 aliphatic rings. The highest BCUT2D eigenvalue weighted by Crippen LogP contribution is 2.29. The van der Waals surface area contributed by atoms with Gasteiger partial charge in [0.25, 0.3) is 0 Å². The number of esters is 1. The predicted molar refractivity (Wildman–Crippen MR) is 71.5 cm³/mol. The average Bonchev–Trinajstić information content (AvgIpc) is 2.35. The summed E-state index contributed by atoms with van der Waals surface area (Å²) >= 11 is 3.37. The van der Waals surface area contributed by atoms with Crippen LogP contribution < -0.4 is 4.90 Å². The molecule has 6 heteroatoms. The van der Waals surface area contributed by atoms with Gasteiger partial charge in [-0.2, -0.15) is 0 Å². The van der Waals surface area contributed by atoms with Gasteiger partial charge < -0.3 is 19.8 Å². The number of anilines is 1. The molecule has 0 aliphatic carbocycles. The van der Waals surface area contributed by atoms with E-state index in [0.29, 0.717) is 5.56 Å². The van der Waals surface area contributed by atoms with E-state index in [0.717, 1.165) is 17.3 Å². The summed E-state index contributed by atoms with van der Waals surface area (Å²) < 4.78 is 5.14. The van der Waals surface area contributed by atoms with Crippen molar-refractivity contribution in [3.63, 3.8) is 0 Å². The van der Waals surface area contributed by atoms with E-state index in [-0.39, 0.29) is 0 Å². The van der Waals surface area contributed by atoms with Gasteiger partial charge in [0, 0.05) is 18.6 Å².